The maximum Gasteiger partial charge on any atom is 0.125 e. The van der Waals surface area contributed by atoms with Crippen LogP contribution in [0, 0.1) is 5.41 Å². The summed E-state index contributed by atoms with van der Waals surface area (Å²) in [5, 5.41) is 10.6. The number of nitrogens with zero attached hydrogens (tertiary/aromatic N) is 1. The van der Waals surface area contributed by atoms with Crippen LogP contribution in [0.1, 0.15) is 5.56 Å². The molecule has 4 N–H and O–H groups in total. The lowest BCUT2D eigenvalue weighted by atomic mass is 10.2. The molecule has 6 nitrogen and oxygen atoms in total. The number of anilines is 1. The molecule has 0 aliphatic heterocycles. The molecule has 6 heteroatoms. The minimum Gasteiger partial charge on any atom is -0.384 e. The van der Waals surface area contributed by atoms with Gasteiger partial charge in [0.2, 0.25) is 0 Å². The minimum absolute atomic E-state index is 0.00982. The first kappa shape index (κ1) is 13.4. The second-order valence-corrected chi connectivity index (χ2v) is 3.53. The summed E-state index contributed by atoms with van der Waals surface area (Å²) in [6.45, 7) is 1.06. The number of rotatable bonds is 7. The van der Waals surface area contributed by atoms with Crippen LogP contribution in [0.2, 0.25) is 0 Å². The quantitative estimate of drug-likeness (QED) is 0.473. The zero-order valence-electron chi connectivity index (χ0n) is 10.1. The Balaban J connectivity index is 2.65. The van der Waals surface area contributed by atoms with E-state index in [0.717, 1.165) is 5.69 Å². The van der Waals surface area contributed by atoms with E-state index in [-0.39, 0.29) is 11.9 Å². The maximum absolute atomic E-state index is 7.44. The third-order valence-corrected chi connectivity index (χ3v) is 2.32. The van der Waals surface area contributed by atoms with Gasteiger partial charge < -0.3 is 20.5 Å². The zero-order chi connectivity index (χ0) is 12.7. The van der Waals surface area contributed by atoms with Gasteiger partial charge in [0.05, 0.1) is 24.6 Å². The number of nitrogens with two attached hydrogens (primary N) is 1. The molecule has 0 aromatic carbocycles. The van der Waals surface area contributed by atoms with Gasteiger partial charge in [0.25, 0.3) is 0 Å². The van der Waals surface area contributed by atoms with Crippen molar-refractivity contribution in [2.24, 2.45) is 5.73 Å². The van der Waals surface area contributed by atoms with Gasteiger partial charge in [-0.2, -0.15) is 0 Å². The number of amidine groups is 1. The van der Waals surface area contributed by atoms with Crippen LogP contribution >= 0.6 is 0 Å². The van der Waals surface area contributed by atoms with Gasteiger partial charge in [0, 0.05) is 32.5 Å². The van der Waals surface area contributed by atoms with Crippen LogP contribution in [0.3, 0.4) is 0 Å². The van der Waals surface area contributed by atoms with Crippen LogP contribution in [0.5, 0.6) is 0 Å². The minimum atomic E-state index is -0.0555. The van der Waals surface area contributed by atoms with E-state index in [1.807, 2.05) is 0 Å². The summed E-state index contributed by atoms with van der Waals surface area (Å²) in [6, 6.07) is 1.70. The maximum atomic E-state index is 7.44. The molecule has 0 saturated carbocycles. The number of ether oxygens (including phenoxy) is 2. The first-order valence-corrected chi connectivity index (χ1v) is 5.23. The molecule has 1 rings (SSSR count). The Morgan fingerprint density at radius 2 is 2.35 bits per heavy atom. The van der Waals surface area contributed by atoms with E-state index in [4.69, 9.17) is 20.6 Å². The molecule has 1 heterocycles. The van der Waals surface area contributed by atoms with Gasteiger partial charge in [0.15, 0.2) is 0 Å². The van der Waals surface area contributed by atoms with Gasteiger partial charge in [-0.05, 0) is 6.07 Å². The zero-order valence-corrected chi connectivity index (χ0v) is 10.1. The Morgan fingerprint density at radius 3 is 2.94 bits per heavy atom. The van der Waals surface area contributed by atoms with Gasteiger partial charge in [-0.25, -0.2) is 0 Å². The van der Waals surface area contributed by atoms with Crippen LogP contribution in [0.25, 0.3) is 0 Å². The highest BCUT2D eigenvalue weighted by Crippen LogP contribution is 2.12. The average Bonchev–Trinajstić information content (AvgIpc) is 2.34. The lowest BCUT2D eigenvalue weighted by Gasteiger charge is -2.17. The summed E-state index contributed by atoms with van der Waals surface area (Å²) in [5.74, 6) is 0.00982. The van der Waals surface area contributed by atoms with Crippen LogP contribution in [-0.4, -0.2) is 44.3 Å². The first-order chi connectivity index (χ1) is 8.19. The Morgan fingerprint density at radius 1 is 1.59 bits per heavy atom. The molecule has 94 valence electrons. The van der Waals surface area contributed by atoms with Crippen molar-refractivity contribution in [2.75, 3.05) is 32.7 Å². The predicted molar refractivity (Wildman–Crippen MR) is 66.4 cm³/mol. The van der Waals surface area contributed by atoms with Gasteiger partial charge in [0.1, 0.15) is 5.84 Å². The lowest BCUT2D eigenvalue weighted by Crippen LogP contribution is -2.27. The summed E-state index contributed by atoms with van der Waals surface area (Å²) < 4.78 is 10.2. The van der Waals surface area contributed by atoms with Crippen molar-refractivity contribution >= 4 is 11.5 Å². The molecule has 17 heavy (non-hydrogen) atoms. The van der Waals surface area contributed by atoms with E-state index in [1.165, 1.54) is 0 Å². The van der Waals surface area contributed by atoms with Gasteiger partial charge in [-0.1, -0.05) is 0 Å². The van der Waals surface area contributed by atoms with Crippen molar-refractivity contribution in [3.63, 3.8) is 0 Å². The Hall–Kier alpha value is -1.66. The first-order valence-electron chi connectivity index (χ1n) is 5.23. The van der Waals surface area contributed by atoms with Crippen molar-refractivity contribution in [1.82, 2.24) is 4.98 Å². The number of hydrogen-bond donors (Lipinski definition) is 3. The van der Waals surface area contributed by atoms with Crippen molar-refractivity contribution in [3.8, 4) is 0 Å². The number of nitrogen functional groups attached to an aromatic ring is 1. The van der Waals surface area contributed by atoms with Crippen molar-refractivity contribution in [2.45, 2.75) is 6.10 Å². The molecule has 0 amide bonds. The number of nitrogens with one attached hydrogen (secondary N) is 2. The van der Waals surface area contributed by atoms with Gasteiger partial charge in [-0.3, -0.25) is 10.4 Å². The second kappa shape index (κ2) is 6.82. The molecule has 0 radical (unpaired) electrons. The standard InChI is InChI=1S/C11H18N4O2/c1-16-7-8(17-2)5-15-10-6-14-4-3-9(10)11(12)13/h3-4,6,8,15H,5,7H2,1-2H3,(H3,12,13). The molecule has 0 bridgehead atoms. The summed E-state index contributed by atoms with van der Waals surface area (Å²) in [6.07, 6.45) is 3.18. The fraction of sp³-hybridized carbons (Fsp3) is 0.455. The second-order valence-electron chi connectivity index (χ2n) is 3.53. The van der Waals surface area contributed by atoms with E-state index in [0.29, 0.717) is 18.7 Å². The molecule has 1 unspecified atom stereocenters. The van der Waals surface area contributed by atoms with E-state index in [9.17, 15) is 0 Å². The monoisotopic (exact) mass is 238 g/mol. The Labute approximate surface area is 101 Å². The molecular weight excluding hydrogens is 220 g/mol. The third kappa shape index (κ3) is 4.01. The summed E-state index contributed by atoms with van der Waals surface area (Å²) in [7, 11) is 3.25. The highest BCUT2D eigenvalue weighted by atomic mass is 16.5. The van der Waals surface area contributed by atoms with Gasteiger partial charge in [-0.15, -0.1) is 0 Å². The van der Waals surface area contributed by atoms with E-state index >= 15 is 0 Å². The Bertz CT molecular complexity index is 370. The van der Waals surface area contributed by atoms with Crippen LogP contribution in [-0.2, 0) is 9.47 Å². The smallest absolute Gasteiger partial charge is 0.125 e. The van der Waals surface area contributed by atoms with E-state index < -0.39 is 0 Å². The number of pyridine rings is 1. The predicted octanol–water partition coefficient (Wildman–Crippen LogP) is 0.439. The molecule has 0 aliphatic carbocycles. The van der Waals surface area contributed by atoms with Crippen molar-refractivity contribution in [3.05, 3.63) is 24.0 Å². The fourth-order valence-electron chi connectivity index (χ4n) is 1.39. The molecule has 0 aliphatic rings. The lowest BCUT2D eigenvalue weighted by molar-refractivity contribution is 0.0365. The number of methoxy groups -OCH3 is 2. The molecule has 1 aromatic heterocycles. The van der Waals surface area contributed by atoms with Crippen molar-refractivity contribution < 1.29 is 9.47 Å². The summed E-state index contributed by atoms with van der Waals surface area (Å²) >= 11 is 0. The molecule has 0 fully saturated rings. The van der Waals surface area contributed by atoms with Crippen LogP contribution in [0.15, 0.2) is 18.5 Å². The molecule has 1 aromatic rings. The van der Waals surface area contributed by atoms with E-state index in [1.54, 1.807) is 32.7 Å². The van der Waals surface area contributed by atoms with Crippen LogP contribution < -0.4 is 11.1 Å². The normalized spacial score (nSPS) is 12.1. The Kier molecular flexibility index (Phi) is 5.38. The summed E-state index contributed by atoms with van der Waals surface area (Å²) in [5.41, 5.74) is 6.82. The van der Waals surface area contributed by atoms with Crippen LogP contribution in [0.4, 0.5) is 5.69 Å². The SMILES string of the molecule is COCC(CNc1cnccc1C(=N)N)OC. The summed E-state index contributed by atoms with van der Waals surface area (Å²) in [4.78, 5) is 3.99. The largest absolute Gasteiger partial charge is 0.384 e. The number of hydrogen-bond acceptors (Lipinski definition) is 5. The van der Waals surface area contributed by atoms with Gasteiger partial charge >= 0.3 is 0 Å². The third-order valence-electron chi connectivity index (χ3n) is 2.32. The fourth-order valence-corrected chi connectivity index (χ4v) is 1.39. The molecular formula is C11H18N4O2. The number of aromatic nitrogens is 1. The topological polar surface area (TPSA) is 93.2 Å². The highest BCUT2D eigenvalue weighted by molar-refractivity contribution is 5.99. The average molecular weight is 238 g/mol. The van der Waals surface area contributed by atoms with E-state index in [2.05, 4.69) is 10.3 Å². The molecule has 0 spiro atoms. The highest BCUT2D eigenvalue weighted by Gasteiger charge is 2.09. The molecule has 0 saturated heterocycles. The molecule has 1 atom stereocenters. The van der Waals surface area contributed by atoms with Crippen molar-refractivity contribution in [1.29, 1.82) is 5.41 Å².